The van der Waals surface area contributed by atoms with Crippen LogP contribution in [0.5, 0.6) is 5.75 Å². The van der Waals surface area contributed by atoms with E-state index >= 15 is 0 Å². The molecular weight excluding hydrogens is 352 g/mol. The van der Waals surface area contributed by atoms with E-state index in [0.29, 0.717) is 29.7 Å². The van der Waals surface area contributed by atoms with Crippen LogP contribution in [0.4, 0.5) is 17.3 Å². The zero-order chi connectivity index (χ0) is 20.1. The van der Waals surface area contributed by atoms with E-state index in [1.165, 1.54) is 0 Å². The molecule has 0 saturated carbocycles. The summed E-state index contributed by atoms with van der Waals surface area (Å²) in [4.78, 5) is 21.5. The molecule has 0 fully saturated rings. The molecule has 2 N–H and O–H groups in total. The Kier molecular flexibility index (Phi) is 5.89. The van der Waals surface area contributed by atoms with Crippen molar-refractivity contribution in [2.24, 2.45) is 0 Å². The van der Waals surface area contributed by atoms with Crippen molar-refractivity contribution in [1.82, 2.24) is 9.97 Å². The van der Waals surface area contributed by atoms with Gasteiger partial charge in [0.15, 0.2) is 0 Å². The molecule has 1 amide bonds. The molecule has 0 bridgehead atoms. The van der Waals surface area contributed by atoms with Crippen LogP contribution >= 0.6 is 0 Å². The van der Waals surface area contributed by atoms with Gasteiger partial charge in [-0.1, -0.05) is 24.3 Å². The Morgan fingerprint density at radius 2 is 1.75 bits per heavy atom. The first kappa shape index (κ1) is 19.4. The molecule has 0 spiro atoms. The summed E-state index contributed by atoms with van der Waals surface area (Å²) in [5.74, 6) is 0.773. The van der Waals surface area contributed by atoms with Crippen molar-refractivity contribution < 1.29 is 9.53 Å². The molecule has 0 radical (unpaired) electrons. The third kappa shape index (κ3) is 4.46. The van der Waals surface area contributed by atoms with E-state index in [4.69, 9.17) is 4.74 Å². The van der Waals surface area contributed by atoms with Gasteiger partial charge in [0.1, 0.15) is 11.4 Å². The van der Waals surface area contributed by atoms with E-state index in [9.17, 15) is 4.79 Å². The lowest BCUT2D eigenvalue weighted by Gasteiger charge is -2.13. The van der Waals surface area contributed by atoms with E-state index in [0.717, 1.165) is 22.5 Å². The Morgan fingerprint density at radius 1 is 1.00 bits per heavy atom. The number of hydrogen-bond donors (Lipinski definition) is 2. The van der Waals surface area contributed by atoms with Gasteiger partial charge in [0, 0.05) is 11.4 Å². The van der Waals surface area contributed by atoms with E-state index < -0.39 is 0 Å². The van der Waals surface area contributed by atoms with Crippen molar-refractivity contribution in [2.75, 3.05) is 17.2 Å². The molecule has 2 aromatic carbocycles. The molecule has 3 rings (SSSR count). The second-order valence-corrected chi connectivity index (χ2v) is 6.47. The highest BCUT2D eigenvalue weighted by atomic mass is 16.5. The molecule has 3 aromatic rings. The van der Waals surface area contributed by atoms with Crippen LogP contribution in [-0.4, -0.2) is 22.5 Å². The number of nitrogens with one attached hydrogen (secondary N) is 2. The number of ether oxygens (including phenoxy) is 1. The van der Waals surface area contributed by atoms with Crippen LogP contribution < -0.4 is 15.4 Å². The number of nitrogens with zero attached hydrogens (tertiary/aromatic N) is 2. The number of carbonyl (C=O) groups is 1. The number of hydrogen-bond acceptors (Lipinski definition) is 5. The van der Waals surface area contributed by atoms with Crippen LogP contribution in [0.3, 0.4) is 0 Å². The average Bonchev–Trinajstić information content (AvgIpc) is 2.67. The fraction of sp³-hybridized carbons (Fsp3) is 0.227. The molecule has 28 heavy (non-hydrogen) atoms. The standard InChI is InChI=1S/C22H24N4O2/c1-5-28-20-12-7-6-10-18(20)25-22-23-15(3)13-19(26-22)21(27)24-17-11-8-9-14(2)16(17)4/h6-13H,5H2,1-4H3,(H,24,27)(H,23,25,26). The number of aryl methyl sites for hydroxylation is 2. The minimum Gasteiger partial charge on any atom is -0.492 e. The highest BCUT2D eigenvalue weighted by Gasteiger charge is 2.13. The molecule has 6 nitrogen and oxygen atoms in total. The Bertz CT molecular complexity index is 1000. The summed E-state index contributed by atoms with van der Waals surface area (Å²) >= 11 is 0. The lowest BCUT2D eigenvalue weighted by Crippen LogP contribution is -2.16. The van der Waals surface area contributed by atoms with Gasteiger partial charge in [-0.15, -0.1) is 0 Å². The zero-order valence-corrected chi connectivity index (χ0v) is 16.5. The molecule has 1 heterocycles. The van der Waals surface area contributed by atoms with Crippen molar-refractivity contribution in [2.45, 2.75) is 27.7 Å². The van der Waals surface area contributed by atoms with Gasteiger partial charge >= 0.3 is 0 Å². The zero-order valence-electron chi connectivity index (χ0n) is 16.5. The number of benzene rings is 2. The molecule has 0 atom stereocenters. The van der Waals surface area contributed by atoms with Crippen molar-refractivity contribution in [3.63, 3.8) is 0 Å². The number of para-hydroxylation sites is 2. The smallest absolute Gasteiger partial charge is 0.274 e. The summed E-state index contributed by atoms with van der Waals surface area (Å²) in [5, 5.41) is 6.09. The van der Waals surface area contributed by atoms with Crippen LogP contribution in [0.25, 0.3) is 0 Å². The second-order valence-electron chi connectivity index (χ2n) is 6.47. The van der Waals surface area contributed by atoms with Crippen molar-refractivity contribution in [1.29, 1.82) is 0 Å². The topological polar surface area (TPSA) is 76.1 Å². The van der Waals surface area contributed by atoms with Crippen LogP contribution in [-0.2, 0) is 0 Å². The Morgan fingerprint density at radius 3 is 2.54 bits per heavy atom. The molecule has 0 aliphatic rings. The molecule has 6 heteroatoms. The first-order chi connectivity index (χ1) is 13.5. The fourth-order valence-corrected chi connectivity index (χ4v) is 2.79. The molecule has 0 saturated heterocycles. The minimum atomic E-state index is -0.277. The SMILES string of the molecule is CCOc1ccccc1Nc1nc(C)cc(C(=O)Nc2cccc(C)c2C)n1. The highest BCUT2D eigenvalue weighted by molar-refractivity contribution is 6.03. The summed E-state index contributed by atoms with van der Waals surface area (Å²) in [6.45, 7) is 8.30. The quantitative estimate of drug-likeness (QED) is 0.646. The monoisotopic (exact) mass is 376 g/mol. The van der Waals surface area contributed by atoms with E-state index in [1.54, 1.807) is 6.07 Å². The van der Waals surface area contributed by atoms with Crippen molar-refractivity contribution in [3.8, 4) is 5.75 Å². The summed E-state index contributed by atoms with van der Waals surface area (Å²) in [6.07, 6.45) is 0. The van der Waals surface area contributed by atoms with Gasteiger partial charge in [-0.05, 0) is 63.1 Å². The van der Waals surface area contributed by atoms with Crippen LogP contribution in [0, 0.1) is 20.8 Å². The Balaban J connectivity index is 1.85. The predicted octanol–water partition coefficient (Wildman–Crippen LogP) is 4.80. The number of amides is 1. The lowest BCUT2D eigenvalue weighted by atomic mass is 10.1. The number of aromatic nitrogens is 2. The predicted molar refractivity (Wildman–Crippen MR) is 112 cm³/mol. The number of carbonyl (C=O) groups excluding carboxylic acids is 1. The van der Waals surface area contributed by atoms with E-state index in [1.807, 2.05) is 70.2 Å². The van der Waals surface area contributed by atoms with Crippen LogP contribution in [0.15, 0.2) is 48.5 Å². The number of rotatable bonds is 6. The summed E-state index contributed by atoms with van der Waals surface area (Å²) in [5.41, 5.74) is 4.66. The third-order valence-electron chi connectivity index (χ3n) is 4.37. The summed E-state index contributed by atoms with van der Waals surface area (Å²) in [6, 6.07) is 15.0. The molecule has 0 aliphatic heterocycles. The number of anilines is 3. The summed E-state index contributed by atoms with van der Waals surface area (Å²) < 4.78 is 5.62. The molecule has 1 aromatic heterocycles. The van der Waals surface area contributed by atoms with Crippen molar-refractivity contribution >= 4 is 23.2 Å². The molecule has 144 valence electrons. The van der Waals surface area contributed by atoms with Crippen LogP contribution in [0.1, 0.15) is 34.2 Å². The van der Waals surface area contributed by atoms with Crippen LogP contribution in [0.2, 0.25) is 0 Å². The maximum atomic E-state index is 12.8. The maximum absolute atomic E-state index is 12.8. The first-order valence-corrected chi connectivity index (χ1v) is 9.20. The normalized spacial score (nSPS) is 10.4. The minimum absolute atomic E-state index is 0.277. The summed E-state index contributed by atoms with van der Waals surface area (Å²) in [7, 11) is 0. The van der Waals surface area contributed by atoms with E-state index in [2.05, 4.69) is 20.6 Å². The first-order valence-electron chi connectivity index (χ1n) is 9.20. The largest absolute Gasteiger partial charge is 0.492 e. The van der Waals surface area contributed by atoms with Gasteiger partial charge in [-0.3, -0.25) is 4.79 Å². The average molecular weight is 376 g/mol. The second kappa shape index (κ2) is 8.52. The van der Waals surface area contributed by atoms with Gasteiger partial charge in [-0.2, -0.15) is 0 Å². The van der Waals surface area contributed by atoms with Gasteiger partial charge in [0.2, 0.25) is 5.95 Å². The molecule has 0 aliphatic carbocycles. The molecular formula is C22H24N4O2. The van der Waals surface area contributed by atoms with Gasteiger partial charge in [-0.25, -0.2) is 9.97 Å². The maximum Gasteiger partial charge on any atom is 0.274 e. The van der Waals surface area contributed by atoms with Gasteiger partial charge < -0.3 is 15.4 Å². The van der Waals surface area contributed by atoms with Gasteiger partial charge in [0.25, 0.3) is 5.91 Å². The van der Waals surface area contributed by atoms with E-state index in [-0.39, 0.29) is 5.91 Å². The van der Waals surface area contributed by atoms with Gasteiger partial charge in [0.05, 0.1) is 12.3 Å². The Hall–Kier alpha value is -3.41. The lowest BCUT2D eigenvalue weighted by molar-refractivity contribution is 0.102. The molecule has 0 unspecified atom stereocenters. The van der Waals surface area contributed by atoms with Crippen molar-refractivity contribution in [3.05, 3.63) is 71.0 Å². The fourth-order valence-electron chi connectivity index (χ4n) is 2.79. The third-order valence-corrected chi connectivity index (χ3v) is 4.37. The Labute approximate surface area is 165 Å². The highest BCUT2D eigenvalue weighted by Crippen LogP contribution is 2.26.